The molecule has 0 N–H and O–H groups in total. The van der Waals surface area contributed by atoms with Gasteiger partial charge < -0.3 is 23.7 Å². The van der Waals surface area contributed by atoms with Crippen LogP contribution in [0.25, 0.3) is 0 Å². The van der Waals surface area contributed by atoms with Crippen molar-refractivity contribution in [3.05, 3.63) is 0 Å². The smallest absolute Gasteiger partial charge is 0.306 e. The molecule has 0 rings (SSSR count). The molecule has 0 heterocycles. The van der Waals surface area contributed by atoms with E-state index < -0.39 is 17.5 Å². The number of hydrogen-bond donors (Lipinski definition) is 0. The van der Waals surface area contributed by atoms with E-state index in [9.17, 15) is 9.59 Å². The monoisotopic (exact) mass is 362 g/mol. The fourth-order valence-electron chi connectivity index (χ4n) is 1.54. The topological polar surface area (TPSA) is 80.3 Å². The predicted molar refractivity (Wildman–Crippen MR) is 93.3 cm³/mol. The summed E-state index contributed by atoms with van der Waals surface area (Å²) < 4.78 is 26.0. The molecule has 0 bridgehead atoms. The summed E-state index contributed by atoms with van der Waals surface area (Å²) in [6.07, 6.45) is 0.0249. The Hall–Kier alpha value is -1.18. The maximum Gasteiger partial charge on any atom is 0.306 e. The van der Waals surface area contributed by atoms with E-state index in [2.05, 4.69) is 0 Å². The first kappa shape index (κ1) is 23.8. The molecule has 0 aromatic carbocycles. The van der Waals surface area contributed by atoms with Crippen LogP contribution in [0.15, 0.2) is 0 Å². The number of ether oxygens (including phenoxy) is 5. The molecule has 0 atom stereocenters. The zero-order valence-corrected chi connectivity index (χ0v) is 16.3. The highest BCUT2D eigenvalue weighted by molar-refractivity contribution is 5.77. The summed E-state index contributed by atoms with van der Waals surface area (Å²) in [4.78, 5) is 23.3. The summed E-state index contributed by atoms with van der Waals surface area (Å²) in [6, 6.07) is 0. The van der Waals surface area contributed by atoms with Crippen LogP contribution >= 0.6 is 0 Å². The highest BCUT2D eigenvalue weighted by Crippen LogP contribution is 2.21. The summed E-state index contributed by atoms with van der Waals surface area (Å²) in [5.41, 5.74) is -0.542. The normalized spacial score (nSPS) is 11.6. The van der Waals surface area contributed by atoms with E-state index in [4.69, 9.17) is 23.7 Å². The summed E-state index contributed by atoms with van der Waals surface area (Å²) >= 11 is 0. The second-order valence-corrected chi connectivity index (χ2v) is 6.37. The van der Waals surface area contributed by atoms with Gasteiger partial charge in [-0.2, -0.15) is 0 Å². The van der Waals surface area contributed by atoms with Gasteiger partial charge in [0, 0.05) is 6.61 Å². The molecule has 0 saturated heterocycles. The molecule has 0 radical (unpaired) electrons. The van der Waals surface area contributed by atoms with Gasteiger partial charge in [-0.25, -0.2) is 0 Å². The third-order valence-corrected chi connectivity index (χ3v) is 3.74. The standard InChI is InChI=1S/C18H34O7/c1-6-21-9-10-22-11-12-23-13-14-24-16(19)7-8-17(20)25-18(4,5)15(2)3/h15H,6-14H2,1-5H3. The Morgan fingerprint density at radius 2 is 1.28 bits per heavy atom. The van der Waals surface area contributed by atoms with Crippen LogP contribution in [0.2, 0.25) is 0 Å². The van der Waals surface area contributed by atoms with Crippen molar-refractivity contribution in [2.75, 3.05) is 46.2 Å². The molecule has 0 saturated carbocycles. The van der Waals surface area contributed by atoms with Crippen LogP contribution in [0.4, 0.5) is 0 Å². The Morgan fingerprint density at radius 1 is 0.800 bits per heavy atom. The third-order valence-electron chi connectivity index (χ3n) is 3.74. The number of rotatable bonds is 15. The second-order valence-electron chi connectivity index (χ2n) is 6.37. The first-order valence-corrected chi connectivity index (χ1v) is 8.90. The fraction of sp³-hybridized carbons (Fsp3) is 0.889. The highest BCUT2D eigenvalue weighted by atomic mass is 16.6. The van der Waals surface area contributed by atoms with Crippen molar-refractivity contribution in [2.45, 2.75) is 53.1 Å². The van der Waals surface area contributed by atoms with Gasteiger partial charge in [0.25, 0.3) is 0 Å². The van der Waals surface area contributed by atoms with Crippen molar-refractivity contribution in [3.8, 4) is 0 Å². The Morgan fingerprint density at radius 3 is 1.80 bits per heavy atom. The van der Waals surface area contributed by atoms with Gasteiger partial charge >= 0.3 is 11.9 Å². The molecule has 0 aliphatic rings. The fourth-order valence-corrected chi connectivity index (χ4v) is 1.54. The van der Waals surface area contributed by atoms with Crippen LogP contribution in [-0.4, -0.2) is 63.8 Å². The molecular formula is C18H34O7. The largest absolute Gasteiger partial charge is 0.463 e. The summed E-state index contributed by atoms with van der Waals surface area (Å²) in [5.74, 6) is -0.629. The Bertz CT molecular complexity index is 366. The van der Waals surface area contributed by atoms with E-state index in [0.717, 1.165) is 0 Å². The van der Waals surface area contributed by atoms with Gasteiger partial charge in [-0.05, 0) is 26.7 Å². The molecule has 0 unspecified atom stereocenters. The van der Waals surface area contributed by atoms with Crippen LogP contribution in [-0.2, 0) is 33.3 Å². The third kappa shape index (κ3) is 13.8. The van der Waals surface area contributed by atoms with Crippen molar-refractivity contribution in [1.82, 2.24) is 0 Å². The number of carbonyl (C=O) groups excluding carboxylic acids is 2. The lowest BCUT2D eigenvalue weighted by atomic mass is 9.95. The molecule has 0 amide bonds. The molecule has 0 fully saturated rings. The zero-order valence-electron chi connectivity index (χ0n) is 16.3. The van der Waals surface area contributed by atoms with Crippen molar-refractivity contribution < 1.29 is 33.3 Å². The van der Waals surface area contributed by atoms with Crippen LogP contribution in [0.1, 0.15) is 47.5 Å². The van der Waals surface area contributed by atoms with Crippen LogP contribution in [0.5, 0.6) is 0 Å². The van der Waals surface area contributed by atoms with Crippen LogP contribution in [0, 0.1) is 5.92 Å². The minimum atomic E-state index is -0.542. The van der Waals surface area contributed by atoms with Crippen molar-refractivity contribution in [1.29, 1.82) is 0 Å². The van der Waals surface area contributed by atoms with Gasteiger partial charge in [0.2, 0.25) is 0 Å². The average molecular weight is 362 g/mol. The van der Waals surface area contributed by atoms with E-state index in [1.54, 1.807) is 0 Å². The zero-order chi connectivity index (χ0) is 19.1. The van der Waals surface area contributed by atoms with Gasteiger partial charge in [-0.1, -0.05) is 13.8 Å². The SMILES string of the molecule is CCOCCOCCOCCOC(=O)CCC(=O)OC(C)(C)C(C)C. The molecule has 7 nitrogen and oxygen atoms in total. The van der Waals surface area contributed by atoms with Gasteiger partial charge in [0.05, 0.1) is 45.9 Å². The summed E-state index contributed by atoms with van der Waals surface area (Å²) in [6.45, 7) is 12.7. The van der Waals surface area contributed by atoms with E-state index in [1.165, 1.54) is 0 Å². The van der Waals surface area contributed by atoms with Gasteiger partial charge in [0.1, 0.15) is 12.2 Å². The molecule has 148 valence electrons. The Labute approximate surface area is 151 Å². The minimum absolute atomic E-state index is 0.00749. The maximum absolute atomic E-state index is 11.7. The highest BCUT2D eigenvalue weighted by Gasteiger charge is 2.26. The summed E-state index contributed by atoms with van der Waals surface area (Å²) in [7, 11) is 0. The van der Waals surface area contributed by atoms with Crippen molar-refractivity contribution in [3.63, 3.8) is 0 Å². The first-order chi connectivity index (χ1) is 11.8. The molecule has 0 aromatic heterocycles. The molecule has 0 aliphatic carbocycles. The Balaban J connectivity index is 3.54. The quantitative estimate of drug-likeness (QED) is 0.327. The lowest BCUT2D eigenvalue weighted by Gasteiger charge is -2.29. The number of esters is 2. The Kier molecular flexibility index (Phi) is 13.4. The molecule has 0 aliphatic heterocycles. The second kappa shape index (κ2) is 14.0. The molecule has 7 heteroatoms. The van der Waals surface area contributed by atoms with E-state index in [-0.39, 0.29) is 25.4 Å². The summed E-state index contributed by atoms with van der Waals surface area (Å²) in [5, 5.41) is 0. The average Bonchev–Trinajstić information content (AvgIpc) is 2.54. The van der Waals surface area contributed by atoms with Gasteiger partial charge in [-0.15, -0.1) is 0 Å². The maximum atomic E-state index is 11.7. The lowest BCUT2D eigenvalue weighted by molar-refractivity contribution is -0.163. The molecule has 0 spiro atoms. The number of carbonyl (C=O) groups is 2. The number of hydrogen-bond acceptors (Lipinski definition) is 7. The minimum Gasteiger partial charge on any atom is -0.463 e. The van der Waals surface area contributed by atoms with Gasteiger partial charge in [-0.3, -0.25) is 9.59 Å². The van der Waals surface area contributed by atoms with Crippen molar-refractivity contribution >= 4 is 11.9 Å². The van der Waals surface area contributed by atoms with Crippen molar-refractivity contribution in [2.24, 2.45) is 5.92 Å². The van der Waals surface area contributed by atoms with Crippen LogP contribution in [0.3, 0.4) is 0 Å². The molecule has 0 aromatic rings. The van der Waals surface area contributed by atoms with E-state index >= 15 is 0 Å². The predicted octanol–water partition coefficient (Wildman–Crippen LogP) is 2.36. The van der Waals surface area contributed by atoms with Crippen LogP contribution < -0.4 is 0 Å². The molecular weight excluding hydrogens is 328 g/mol. The van der Waals surface area contributed by atoms with E-state index in [1.807, 2.05) is 34.6 Å². The van der Waals surface area contributed by atoms with E-state index in [0.29, 0.717) is 39.6 Å². The lowest BCUT2D eigenvalue weighted by Crippen LogP contribution is -2.33. The first-order valence-electron chi connectivity index (χ1n) is 8.90. The molecule has 25 heavy (non-hydrogen) atoms. The van der Waals surface area contributed by atoms with Gasteiger partial charge in [0.15, 0.2) is 0 Å².